The standard InChI is InChI=1S/C14H14BFO3/c1-10-5-6-13(8-14(10)16)19-9-11-3-2-4-12(7-11)15(17)18/h2-8,17-18H,9H2,1H3. The maximum absolute atomic E-state index is 13.3. The summed E-state index contributed by atoms with van der Waals surface area (Å²) in [5, 5.41) is 18.1. The average molecular weight is 260 g/mol. The zero-order valence-electron chi connectivity index (χ0n) is 10.5. The van der Waals surface area contributed by atoms with Crippen LogP contribution in [0.5, 0.6) is 5.75 Å². The molecule has 2 N–H and O–H groups in total. The maximum atomic E-state index is 13.3. The molecule has 0 saturated carbocycles. The fraction of sp³-hybridized carbons (Fsp3) is 0.143. The first-order valence-electron chi connectivity index (χ1n) is 5.90. The second-order valence-electron chi connectivity index (χ2n) is 4.32. The van der Waals surface area contributed by atoms with Crippen molar-refractivity contribution >= 4 is 12.6 Å². The molecule has 5 heteroatoms. The topological polar surface area (TPSA) is 49.7 Å². The van der Waals surface area contributed by atoms with E-state index in [-0.39, 0.29) is 12.4 Å². The Hall–Kier alpha value is -1.85. The normalized spacial score (nSPS) is 10.3. The van der Waals surface area contributed by atoms with Crippen LogP contribution in [-0.2, 0) is 6.61 Å². The molecule has 0 heterocycles. The van der Waals surface area contributed by atoms with Gasteiger partial charge in [0.1, 0.15) is 18.2 Å². The fourth-order valence-corrected chi connectivity index (χ4v) is 1.67. The third-order valence-electron chi connectivity index (χ3n) is 2.80. The molecular formula is C14H14BFO3. The molecule has 0 unspecified atom stereocenters. The van der Waals surface area contributed by atoms with Crippen molar-refractivity contribution in [2.75, 3.05) is 0 Å². The number of halogens is 1. The van der Waals surface area contributed by atoms with Gasteiger partial charge in [-0.25, -0.2) is 4.39 Å². The van der Waals surface area contributed by atoms with E-state index in [0.717, 1.165) is 5.56 Å². The van der Waals surface area contributed by atoms with Crippen LogP contribution in [0.3, 0.4) is 0 Å². The first kappa shape index (κ1) is 13.6. The van der Waals surface area contributed by atoms with Crippen LogP contribution in [0.25, 0.3) is 0 Å². The highest BCUT2D eigenvalue weighted by Crippen LogP contribution is 2.17. The van der Waals surface area contributed by atoms with Crippen molar-refractivity contribution in [2.45, 2.75) is 13.5 Å². The van der Waals surface area contributed by atoms with Crippen molar-refractivity contribution in [3.05, 3.63) is 59.4 Å². The lowest BCUT2D eigenvalue weighted by molar-refractivity contribution is 0.304. The van der Waals surface area contributed by atoms with Crippen molar-refractivity contribution in [1.29, 1.82) is 0 Å². The molecule has 0 saturated heterocycles. The summed E-state index contributed by atoms with van der Waals surface area (Å²) < 4.78 is 18.8. The van der Waals surface area contributed by atoms with Gasteiger partial charge in [0.15, 0.2) is 0 Å². The van der Waals surface area contributed by atoms with Crippen LogP contribution in [0.15, 0.2) is 42.5 Å². The van der Waals surface area contributed by atoms with Crippen LogP contribution >= 0.6 is 0 Å². The minimum atomic E-state index is -1.50. The van der Waals surface area contributed by atoms with Gasteiger partial charge in [0, 0.05) is 6.07 Å². The third kappa shape index (κ3) is 3.56. The smallest absolute Gasteiger partial charge is 0.488 e. The Balaban J connectivity index is 2.05. The lowest BCUT2D eigenvalue weighted by Crippen LogP contribution is -2.29. The van der Waals surface area contributed by atoms with Gasteiger partial charge in [-0.3, -0.25) is 0 Å². The summed E-state index contributed by atoms with van der Waals surface area (Å²) in [4.78, 5) is 0. The number of hydrogen-bond acceptors (Lipinski definition) is 3. The van der Waals surface area contributed by atoms with Gasteiger partial charge in [0.25, 0.3) is 0 Å². The second kappa shape index (κ2) is 5.86. The van der Waals surface area contributed by atoms with E-state index in [1.54, 1.807) is 43.3 Å². The van der Waals surface area contributed by atoms with Gasteiger partial charge < -0.3 is 14.8 Å². The van der Waals surface area contributed by atoms with Crippen molar-refractivity contribution in [2.24, 2.45) is 0 Å². The zero-order chi connectivity index (χ0) is 13.8. The minimum Gasteiger partial charge on any atom is -0.489 e. The van der Waals surface area contributed by atoms with Crippen molar-refractivity contribution in [1.82, 2.24) is 0 Å². The molecule has 0 fully saturated rings. The summed E-state index contributed by atoms with van der Waals surface area (Å²) in [5.41, 5.74) is 1.75. The van der Waals surface area contributed by atoms with E-state index < -0.39 is 7.12 Å². The van der Waals surface area contributed by atoms with Gasteiger partial charge >= 0.3 is 7.12 Å². The highest BCUT2D eigenvalue weighted by molar-refractivity contribution is 6.58. The van der Waals surface area contributed by atoms with Crippen LogP contribution < -0.4 is 10.2 Å². The summed E-state index contributed by atoms with van der Waals surface area (Å²) in [5.74, 6) is 0.134. The Morgan fingerprint density at radius 3 is 2.63 bits per heavy atom. The Kier molecular flexibility index (Phi) is 4.19. The third-order valence-corrected chi connectivity index (χ3v) is 2.80. The summed E-state index contributed by atoms with van der Waals surface area (Å²) in [6.07, 6.45) is 0. The van der Waals surface area contributed by atoms with Gasteiger partial charge in [-0.15, -0.1) is 0 Å². The number of aryl methyl sites for hydroxylation is 1. The molecule has 0 aliphatic carbocycles. The van der Waals surface area contributed by atoms with Gasteiger partial charge in [-0.1, -0.05) is 30.3 Å². The monoisotopic (exact) mass is 260 g/mol. The number of rotatable bonds is 4. The summed E-state index contributed by atoms with van der Waals surface area (Å²) in [6, 6.07) is 11.4. The average Bonchev–Trinajstić information content (AvgIpc) is 2.40. The van der Waals surface area contributed by atoms with Crippen LogP contribution in [-0.4, -0.2) is 17.2 Å². The first-order chi connectivity index (χ1) is 9.06. The summed E-state index contributed by atoms with van der Waals surface area (Å²) in [6.45, 7) is 1.92. The van der Waals surface area contributed by atoms with Crippen LogP contribution in [0.4, 0.5) is 4.39 Å². The number of hydrogen-bond donors (Lipinski definition) is 2. The molecular weight excluding hydrogens is 246 g/mol. The molecule has 0 amide bonds. The quantitative estimate of drug-likeness (QED) is 0.817. The van der Waals surface area contributed by atoms with E-state index in [1.807, 2.05) is 0 Å². The van der Waals surface area contributed by atoms with E-state index in [1.165, 1.54) is 6.07 Å². The van der Waals surface area contributed by atoms with E-state index >= 15 is 0 Å². The zero-order valence-corrected chi connectivity index (χ0v) is 10.5. The molecule has 0 aliphatic rings. The molecule has 0 spiro atoms. The molecule has 0 atom stereocenters. The molecule has 2 aromatic rings. The van der Waals surface area contributed by atoms with Gasteiger partial charge in [0.2, 0.25) is 0 Å². The minimum absolute atomic E-state index is 0.239. The van der Waals surface area contributed by atoms with Gasteiger partial charge in [-0.2, -0.15) is 0 Å². The van der Waals surface area contributed by atoms with Gasteiger partial charge in [-0.05, 0) is 29.6 Å². The van der Waals surface area contributed by atoms with Crippen LogP contribution in [0.1, 0.15) is 11.1 Å². The number of ether oxygens (including phenoxy) is 1. The predicted octanol–water partition coefficient (Wildman–Crippen LogP) is 1.39. The molecule has 2 rings (SSSR count). The van der Waals surface area contributed by atoms with Crippen LogP contribution in [0, 0.1) is 12.7 Å². The largest absolute Gasteiger partial charge is 0.489 e. The highest BCUT2D eigenvalue weighted by Gasteiger charge is 2.10. The first-order valence-corrected chi connectivity index (χ1v) is 5.90. The Labute approximate surface area is 111 Å². The van der Waals surface area contributed by atoms with Gasteiger partial charge in [0.05, 0.1) is 0 Å². The van der Waals surface area contributed by atoms with E-state index in [4.69, 9.17) is 14.8 Å². The molecule has 0 bridgehead atoms. The molecule has 3 nitrogen and oxygen atoms in total. The van der Waals surface area contributed by atoms with Crippen LogP contribution in [0.2, 0.25) is 0 Å². The molecule has 98 valence electrons. The Morgan fingerprint density at radius 1 is 1.16 bits per heavy atom. The van der Waals surface area contributed by atoms with Crippen molar-refractivity contribution < 1.29 is 19.2 Å². The summed E-state index contributed by atoms with van der Waals surface area (Å²) >= 11 is 0. The summed E-state index contributed by atoms with van der Waals surface area (Å²) in [7, 11) is -1.50. The fourth-order valence-electron chi connectivity index (χ4n) is 1.67. The molecule has 0 aromatic heterocycles. The Bertz CT molecular complexity index is 572. The van der Waals surface area contributed by atoms with Crippen molar-refractivity contribution in [3.8, 4) is 5.75 Å². The second-order valence-corrected chi connectivity index (χ2v) is 4.32. The lowest BCUT2D eigenvalue weighted by atomic mass is 9.80. The Morgan fingerprint density at radius 2 is 1.95 bits per heavy atom. The SMILES string of the molecule is Cc1ccc(OCc2cccc(B(O)O)c2)cc1F. The lowest BCUT2D eigenvalue weighted by Gasteiger charge is -2.08. The highest BCUT2D eigenvalue weighted by atomic mass is 19.1. The predicted molar refractivity (Wildman–Crippen MR) is 71.7 cm³/mol. The number of benzene rings is 2. The van der Waals surface area contributed by atoms with E-state index in [9.17, 15) is 4.39 Å². The molecule has 0 aliphatic heterocycles. The van der Waals surface area contributed by atoms with E-state index in [2.05, 4.69) is 0 Å². The van der Waals surface area contributed by atoms with Crippen molar-refractivity contribution in [3.63, 3.8) is 0 Å². The molecule has 19 heavy (non-hydrogen) atoms. The molecule has 0 radical (unpaired) electrons. The maximum Gasteiger partial charge on any atom is 0.488 e. The molecule has 2 aromatic carbocycles. The van der Waals surface area contributed by atoms with E-state index in [0.29, 0.717) is 16.8 Å².